The number of hydrogen-bond donors (Lipinski definition) is 1. The highest BCUT2D eigenvalue weighted by Crippen LogP contribution is 2.09. The van der Waals surface area contributed by atoms with Gasteiger partial charge in [-0.15, -0.1) is 0 Å². The molecule has 1 amide bonds. The van der Waals surface area contributed by atoms with Crippen molar-refractivity contribution in [3.63, 3.8) is 0 Å². The largest absolute Gasteiger partial charge is 0.348 e. The third-order valence-corrected chi connectivity index (χ3v) is 3.35. The number of aromatic nitrogens is 1. The first-order valence-electron chi connectivity index (χ1n) is 6.80. The lowest BCUT2D eigenvalue weighted by atomic mass is 10.1. The normalized spacial score (nSPS) is 18.0. The van der Waals surface area contributed by atoms with Gasteiger partial charge in [0.15, 0.2) is 0 Å². The second kappa shape index (κ2) is 6.61. The quantitative estimate of drug-likeness (QED) is 0.845. The molecule has 1 N–H and O–H groups in total. The van der Waals surface area contributed by atoms with Crippen molar-refractivity contribution in [3.8, 4) is 0 Å². The number of likely N-dealkylation sites (tertiary alicyclic amines) is 1. The summed E-state index contributed by atoms with van der Waals surface area (Å²) in [5.41, 5.74) is 0.318. The Kier molecular flexibility index (Phi) is 4.85. The van der Waals surface area contributed by atoms with Gasteiger partial charge in [-0.2, -0.15) is 4.39 Å². The Morgan fingerprint density at radius 2 is 2.21 bits per heavy atom. The molecule has 104 valence electrons. The summed E-state index contributed by atoms with van der Waals surface area (Å²) in [6, 6.07) is 2.73. The van der Waals surface area contributed by atoms with Gasteiger partial charge in [0.05, 0.1) is 0 Å². The van der Waals surface area contributed by atoms with E-state index in [1.807, 2.05) is 6.92 Å². The summed E-state index contributed by atoms with van der Waals surface area (Å²) in [5.74, 6) is -0.873. The first-order valence-corrected chi connectivity index (χ1v) is 6.80. The zero-order valence-corrected chi connectivity index (χ0v) is 11.2. The van der Waals surface area contributed by atoms with Gasteiger partial charge >= 0.3 is 0 Å². The number of rotatable bonds is 4. The molecule has 0 radical (unpaired) electrons. The molecule has 1 aliphatic heterocycles. The summed E-state index contributed by atoms with van der Waals surface area (Å²) in [7, 11) is 0. The van der Waals surface area contributed by atoms with E-state index in [2.05, 4.69) is 15.2 Å². The van der Waals surface area contributed by atoms with Gasteiger partial charge in [0.25, 0.3) is 5.91 Å². The van der Waals surface area contributed by atoms with Crippen LogP contribution in [0.5, 0.6) is 0 Å². The number of carbonyl (C=O) groups excluding carboxylic acids is 1. The van der Waals surface area contributed by atoms with E-state index in [-0.39, 0.29) is 11.9 Å². The summed E-state index contributed by atoms with van der Waals surface area (Å²) >= 11 is 0. The molecule has 1 atom stereocenters. The SMILES string of the molecule is CC(CN1CCCCC1)NC(=O)c1ccnc(F)c1. The van der Waals surface area contributed by atoms with Crippen LogP contribution in [0.1, 0.15) is 36.5 Å². The van der Waals surface area contributed by atoms with Gasteiger partial charge in [-0.3, -0.25) is 4.79 Å². The molecule has 2 heterocycles. The number of piperidine rings is 1. The zero-order valence-electron chi connectivity index (χ0n) is 11.2. The molecule has 5 heteroatoms. The third-order valence-electron chi connectivity index (χ3n) is 3.35. The van der Waals surface area contributed by atoms with Crippen LogP contribution < -0.4 is 5.32 Å². The highest BCUT2D eigenvalue weighted by molar-refractivity contribution is 5.94. The van der Waals surface area contributed by atoms with Crippen LogP contribution in [0.4, 0.5) is 4.39 Å². The van der Waals surface area contributed by atoms with Gasteiger partial charge in [-0.1, -0.05) is 6.42 Å². The summed E-state index contributed by atoms with van der Waals surface area (Å²) in [6.07, 6.45) is 5.07. The number of nitrogens with zero attached hydrogens (tertiary/aromatic N) is 2. The van der Waals surface area contributed by atoms with Crippen LogP contribution in [0.3, 0.4) is 0 Å². The Labute approximate surface area is 113 Å². The van der Waals surface area contributed by atoms with Gasteiger partial charge in [0.2, 0.25) is 5.95 Å². The van der Waals surface area contributed by atoms with Crippen LogP contribution in [0.2, 0.25) is 0 Å². The Balaban J connectivity index is 1.84. The molecule has 0 bridgehead atoms. The van der Waals surface area contributed by atoms with Crippen molar-refractivity contribution in [2.45, 2.75) is 32.2 Å². The lowest BCUT2D eigenvalue weighted by molar-refractivity contribution is 0.0925. The molecule has 0 aliphatic carbocycles. The number of amides is 1. The van der Waals surface area contributed by atoms with Crippen LogP contribution in [-0.2, 0) is 0 Å². The van der Waals surface area contributed by atoms with E-state index in [0.29, 0.717) is 5.56 Å². The maximum absolute atomic E-state index is 12.9. The number of hydrogen-bond acceptors (Lipinski definition) is 3. The van der Waals surface area contributed by atoms with Crippen molar-refractivity contribution in [2.24, 2.45) is 0 Å². The molecule has 0 saturated carbocycles. The van der Waals surface area contributed by atoms with Crippen LogP contribution >= 0.6 is 0 Å². The molecule has 1 aliphatic rings. The Morgan fingerprint density at radius 3 is 2.89 bits per heavy atom. The van der Waals surface area contributed by atoms with E-state index < -0.39 is 5.95 Å². The van der Waals surface area contributed by atoms with Crippen molar-refractivity contribution in [2.75, 3.05) is 19.6 Å². The first-order chi connectivity index (χ1) is 9.15. The summed E-state index contributed by atoms with van der Waals surface area (Å²) < 4.78 is 12.9. The second-order valence-corrected chi connectivity index (χ2v) is 5.10. The summed E-state index contributed by atoms with van der Waals surface area (Å²) in [4.78, 5) is 17.7. The predicted molar refractivity (Wildman–Crippen MR) is 71.4 cm³/mol. The fourth-order valence-electron chi connectivity index (χ4n) is 2.43. The van der Waals surface area contributed by atoms with E-state index in [1.165, 1.54) is 31.5 Å². The van der Waals surface area contributed by atoms with Crippen LogP contribution in [0, 0.1) is 5.95 Å². The molecular formula is C14H20FN3O. The predicted octanol–water partition coefficient (Wildman–Crippen LogP) is 1.82. The molecule has 2 rings (SSSR count). The summed E-state index contributed by atoms with van der Waals surface area (Å²) in [6.45, 7) is 5.03. The van der Waals surface area contributed by atoms with Gasteiger partial charge in [-0.05, 0) is 38.9 Å². The van der Waals surface area contributed by atoms with Crippen molar-refractivity contribution >= 4 is 5.91 Å². The fourth-order valence-corrected chi connectivity index (χ4v) is 2.43. The van der Waals surface area contributed by atoms with E-state index in [1.54, 1.807) is 0 Å². The zero-order chi connectivity index (χ0) is 13.7. The van der Waals surface area contributed by atoms with Crippen molar-refractivity contribution < 1.29 is 9.18 Å². The standard InChI is InChI=1S/C14H20FN3O/c1-11(10-18-7-3-2-4-8-18)17-14(19)12-5-6-16-13(15)9-12/h5-6,9,11H,2-4,7-8,10H2,1H3,(H,17,19). The fraction of sp³-hybridized carbons (Fsp3) is 0.571. The number of nitrogens with one attached hydrogen (secondary N) is 1. The van der Waals surface area contributed by atoms with Crippen LogP contribution in [-0.4, -0.2) is 41.5 Å². The maximum Gasteiger partial charge on any atom is 0.251 e. The Hall–Kier alpha value is -1.49. The average Bonchev–Trinajstić information content (AvgIpc) is 2.39. The van der Waals surface area contributed by atoms with Gasteiger partial charge in [0, 0.05) is 30.4 Å². The molecule has 1 fully saturated rings. The highest BCUT2D eigenvalue weighted by atomic mass is 19.1. The molecule has 1 saturated heterocycles. The van der Waals surface area contributed by atoms with Crippen molar-refractivity contribution in [1.82, 2.24) is 15.2 Å². The first kappa shape index (κ1) is 13.9. The summed E-state index contributed by atoms with van der Waals surface area (Å²) in [5, 5.41) is 2.90. The molecule has 19 heavy (non-hydrogen) atoms. The second-order valence-electron chi connectivity index (χ2n) is 5.10. The molecule has 4 nitrogen and oxygen atoms in total. The van der Waals surface area contributed by atoms with E-state index in [9.17, 15) is 9.18 Å². The molecule has 1 aromatic rings. The van der Waals surface area contributed by atoms with Crippen molar-refractivity contribution in [3.05, 3.63) is 29.8 Å². The molecular weight excluding hydrogens is 245 g/mol. The number of carbonyl (C=O) groups is 1. The molecule has 1 aromatic heterocycles. The lowest BCUT2D eigenvalue weighted by Crippen LogP contribution is -2.43. The Bertz CT molecular complexity index is 432. The monoisotopic (exact) mass is 265 g/mol. The van der Waals surface area contributed by atoms with Gasteiger partial charge < -0.3 is 10.2 Å². The minimum Gasteiger partial charge on any atom is -0.348 e. The van der Waals surface area contributed by atoms with Gasteiger partial charge in [0.1, 0.15) is 0 Å². The maximum atomic E-state index is 12.9. The van der Waals surface area contributed by atoms with Crippen LogP contribution in [0.25, 0.3) is 0 Å². The third kappa shape index (κ3) is 4.28. The minimum atomic E-state index is -0.628. The average molecular weight is 265 g/mol. The van der Waals surface area contributed by atoms with E-state index in [4.69, 9.17) is 0 Å². The minimum absolute atomic E-state index is 0.0572. The molecule has 0 aromatic carbocycles. The van der Waals surface area contributed by atoms with Gasteiger partial charge in [-0.25, -0.2) is 4.98 Å². The lowest BCUT2D eigenvalue weighted by Gasteiger charge is -2.29. The highest BCUT2D eigenvalue weighted by Gasteiger charge is 2.15. The topological polar surface area (TPSA) is 45.2 Å². The van der Waals surface area contributed by atoms with Crippen molar-refractivity contribution in [1.29, 1.82) is 0 Å². The van der Waals surface area contributed by atoms with Crippen LogP contribution in [0.15, 0.2) is 18.3 Å². The van der Waals surface area contributed by atoms with E-state index in [0.717, 1.165) is 25.7 Å². The number of halogens is 1. The Morgan fingerprint density at radius 1 is 1.47 bits per heavy atom. The number of pyridine rings is 1. The molecule has 1 unspecified atom stereocenters. The van der Waals surface area contributed by atoms with E-state index >= 15 is 0 Å². The molecule has 0 spiro atoms. The smallest absolute Gasteiger partial charge is 0.251 e.